The van der Waals surface area contributed by atoms with Crippen LogP contribution in [0.15, 0.2) is 12.1 Å². The molecule has 1 unspecified atom stereocenters. The van der Waals surface area contributed by atoms with Crippen molar-refractivity contribution in [1.82, 2.24) is 0 Å². The van der Waals surface area contributed by atoms with E-state index in [9.17, 15) is 17.6 Å². The molecule has 0 radical (unpaired) electrons. The summed E-state index contributed by atoms with van der Waals surface area (Å²) in [6.07, 6.45) is -1.50. The lowest BCUT2D eigenvalue weighted by molar-refractivity contribution is -0.00168. The van der Waals surface area contributed by atoms with Crippen LogP contribution in [0.25, 0.3) is 0 Å². The molecule has 1 fully saturated rings. The van der Waals surface area contributed by atoms with Crippen LogP contribution in [0.1, 0.15) is 24.8 Å². The SMILES string of the molecule is Cc1cc(F)c(OC2CCC(F)(F)C2)c(F)c1. The van der Waals surface area contributed by atoms with Crippen molar-refractivity contribution in [2.75, 3.05) is 0 Å². The molecule has 1 saturated carbocycles. The van der Waals surface area contributed by atoms with Gasteiger partial charge >= 0.3 is 0 Å². The minimum atomic E-state index is -2.79. The summed E-state index contributed by atoms with van der Waals surface area (Å²) < 4.78 is 57.6. The van der Waals surface area contributed by atoms with Crippen LogP contribution in [0.4, 0.5) is 17.6 Å². The van der Waals surface area contributed by atoms with E-state index in [2.05, 4.69) is 0 Å². The van der Waals surface area contributed by atoms with E-state index in [4.69, 9.17) is 4.74 Å². The summed E-state index contributed by atoms with van der Waals surface area (Å²) in [5.74, 6) is -5.05. The number of aryl methyl sites for hydroxylation is 1. The minimum Gasteiger partial charge on any atom is -0.484 e. The fourth-order valence-corrected chi connectivity index (χ4v) is 1.98. The molecule has 0 amide bonds. The second kappa shape index (κ2) is 4.20. The minimum absolute atomic E-state index is 0.111. The third kappa shape index (κ3) is 2.70. The number of hydrogen-bond donors (Lipinski definition) is 0. The van der Waals surface area contributed by atoms with Gasteiger partial charge in [-0.25, -0.2) is 17.6 Å². The van der Waals surface area contributed by atoms with E-state index >= 15 is 0 Å². The van der Waals surface area contributed by atoms with Gasteiger partial charge in [0.1, 0.15) is 6.10 Å². The Morgan fingerprint density at radius 3 is 2.29 bits per heavy atom. The Kier molecular flexibility index (Phi) is 3.02. The van der Waals surface area contributed by atoms with Gasteiger partial charge in [0, 0.05) is 12.8 Å². The molecule has 1 aliphatic carbocycles. The number of ether oxygens (including phenoxy) is 1. The lowest BCUT2D eigenvalue weighted by atomic mass is 10.2. The predicted octanol–water partition coefficient (Wildman–Crippen LogP) is 3.84. The highest BCUT2D eigenvalue weighted by Crippen LogP contribution is 2.37. The zero-order valence-electron chi connectivity index (χ0n) is 9.27. The first-order chi connectivity index (χ1) is 7.87. The van der Waals surface area contributed by atoms with Gasteiger partial charge < -0.3 is 4.74 Å². The molecule has 94 valence electrons. The van der Waals surface area contributed by atoms with Crippen LogP contribution in [0.5, 0.6) is 5.75 Å². The van der Waals surface area contributed by atoms with Gasteiger partial charge in [-0.2, -0.15) is 0 Å². The third-order valence-corrected chi connectivity index (χ3v) is 2.79. The quantitative estimate of drug-likeness (QED) is 0.722. The van der Waals surface area contributed by atoms with E-state index in [1.165, 1.54) is 0 Å². The van der Waals surface area contributed by atoms with Crippen molar-refractivity contribution in [3.63, 3.8) is 0 Å². The van der Waals surface area contributed by atoms with Crippen molar-refractivity contribution in [1.29, 1.82) is 0 Å². The third-order valence-electron chi connectivity index (χ3n) is 2.79. The van der Waals surface area contributed by atoms with Gasteiger partial charge in [0.25, 0.3) is 5.92 Å². The fourth-order valence-electron chi connectivity index (χ4n) is 1.98. The monoisotopic (exact) mass is 248 g/mol. The number of alkyl halides is 2. The van der Waals surface area contributed by atoms with Crippen LogP contribution in [-0.2, 0) is 0 Å². The number of hydrogen-bond acceptors (Lipinski definition) is 1. The van der Waals surface area contributed by atoms with Crippen LogP contribution in [-0.4, -0.2) is 12.0 Å². The highest BCUT2D eigenvalue weighted by Gasteiger charge is 2.41. The zero-order valence-corrected chi connectivity index (χ0v) is 9.27. The Labute approximate surface area is 96.4 Å². The summed E-state index contributed by atoms with van der Waals surface area (Å²) >= 11 is 0. The summed E-state index contributed by atoms with van der Waals surface area (Å²) in [6, 6.07) is 2.23. The molecule has 0 heterocycles. The van der Waals surface area contributed by atoms with Crippen molar-refractivity contribution in [3.05, 3.63) is 29.3 Å². The standard InChI is InChI=1S/C12H12F4O/c1-7-4-9(13)11(10(14)5-7)17-8-2-3-12(15,16)6-8/h4-5,8H,2-3,6H2,1H3. The molecule has 1 nitrogen and oxygen atoms in total. The van der Waals surface area contributed by atoms with Crippen molar-refractivity contribution in [3.8, 4) is 5.75 Å². The van der Waals surface area contributed by atoms with E-state index in [1.54, 1.807) is 6.92 Å². The second-order valence-electron chi connectivity index (χ2n) is 4.40. The second-order valence-corrected chi connectivity index (χ2v) is 4.40. The van der Waals surface area contributed by atoms with Crippen LogP contribution in [0.3, 0.4) is 0 Å². The van der Waals surface area contributed by atoms with Crippen LogP contribution in [0.2, 0.25) is 0 Å². The molecule has 1 aromatic rings. The molecule has 0 spiro atoms. The normalized spacial score (nSPS) is 22.8. The first kappa shape index (κ1) is 12.2. The van der Waals surface area contributed by atoms with E-state index < -0.39 is 35.8 Å². The van der Waals surface area contributed by atoms with E-state index in [-0.39, 0.29) is 12.8 Å². The summed E-state index contributed by atoms with van der Waals surface area (Å²) in [4.78, 5) is 0. The Morgan fingerprint density at radius 1 is 1.24 bits per heavy atom. The van der Waals surface area contributed by atoms with E-state index in [0.717, 1.165) is 12.1 Å². The highest BCUT2D eigenvalue weighted by atomic mass is 19.3. The number of rotatable bonds is 2. The van der Waals surface area contributed by atoms with Crippen LogP contribution >= 0.6 is 0 Å². The molecular weight excluding hydrogens is 236 g/mol. The molecule has 5 heteroatoms. The number of halogens is 4. The van der Waals surface area contributed by atoms with Gasteiger partial charge in [-0.05, 0) is 31.0 Å². The van der Waals surface area contributed by atoms with Crippen molar-refractivity contribution < 1.29 is 22.3 Å². The molecule has 17 heavy (non-hydrogen) atoms. The first-order valence-corrected chi connectivity index (χ1v) is 5.37. The Morgan fingerprint density at radius 2 is 1.82 bits per heavy atom. The summed E-state index contributed by atoms with van der Waals surface area (Å²) in [7, 11) is 0. The maximum Gasteiger partial charge on any atom is 0.251 e. The predicted molar refractivity (Wildman–Crippen MR) is 54.3 cm³/mol. The molecule has 1 atom stereocenters. The van der Waals surface area contributed by atoms with Gasteiger partial charge in [0.15, 0.2) is 17.4 Å². The molecule has 2 rings (SSSR count). The lowest BCUT2D eigenvalue weighted by Gasteiger charge is -2.15. The maximum atomic E-state index is 13.4. The fraction of sp³-hybridized carbons (Fsp3) is 0.500. The van der Waals surface area contributed by atoms with Gasteiger partial charge in [-0.1, -0.05) is 0 Å². The van der Waals surface area contributed by atoms with Gasteiger partial charge in [0.2, 0.25) is 0 Å². The topological polar surface area (TPSA) is 9.23 Å². The lowest BCUT2D eigenvalue weighted by Crippen LogP contribution is -2.18. The Balaban J connectivity index is 2.15. The summed E-state index contributed by atoms with van der Waals surface area (Å²) in [5.41, 5.74) is 0.420. The summed E-state index contributed by atoms with van der Waals surface area (Å²) in [6.45, 7) is 1.54. The smallest absolute Gasteiger partial charge is 0.251 e. The Bertz CT molecular complexity index is 408. The van der Waals surface area contributed by atoms with E-state index in [1.807, 2.05) is 0 Å². The van der Waals surface area contributed by atoms with Crippen molar-refractivity contribution in [2.45, 2.75) is 38.2 Å². The van der Waals surface area contributed by atoms with Crippen LogP contribution in [0, 0.1) is 18.6 Å². The Hall–Kier alpha value is -1.26. The molecule has 0 aromatic heterocycles. The molecule has 0 saturated heterocycles. The zero-order chi connectivity index (χ0) is 12.6. The first-order valence-electron chi connectivity index (χ1n) is 5.37. The highest BCUT2D eigenvalue weighted by molar-refractivity contribution is 5.30. The molecule has 0 bridgehead atoms. The molecule has 0 N–H and O–H groups in total. The molecule has 1 aliphatic rings. The maximum absolute atomic E-state index is 13.4. The molecular formula is C12H12F4O. The van der Waals surface area contributed by atoms with Crippen molar-refractivity contribution in [2.24, 2.45) is 0 Å². The molecule has 1 aromatic carbocycles. The summed E-state index contributed by atoms with van der Waals surface area (Å²) in [5, 5.41) is 0. The van der Waals surface area contributed by atoms with Gasteiger partial charge in [0.05, 0.1) is 0 Å². The van der Waals surface area contributed by atoms with Crippen LogP contribution < -0.4 is 4.74 Å². The molecule has 0 aliphatic heterocycles. The van der Waals surface area contributed by atoms with Gasteiger partial charge in [-0.3, -0.25) is 0 Å². The largest absolute Gasteiger partial charge is 0.484 e. The number of benzene rings is 1. The average Bonchev–Trinajstić information content (AvgIpc) is 2.52. The van der Waals surface area contributed by atoms with E-state index in [0.29, 0.717) is 5.56 Å². The van der Waals surface area contributed by atoms with Gasteiger partial charge in [-0.15, -0.1) is 0 Å². The van der Waals surface area contributed by atoms with Crippen molar-refractivity contribution >= 4 is 0 Å². The average molecular weight is 248 g/mol.